The van der Waals surface area contributed by atoms with Gasteiger partial charge >= 0.3 is 6.18 Å². The van der Waals surface area contributed by atoms with E-state index in [9.17, 15) is 18.0 Å². The van der Waals surface area contributed by atoms with Crippen LogP contribution in [0.5, 0.6) is 5.75 Å². The zero-order valence-electron chi connectivity index (χ0n) is 11.5. The van der Waals surface area contributed by atoms with Crippen molar-refractivity contribution in [2.24, 2.45) is 0 Å². The van der Waals surface area contributed by atoms with Crippen LogP contribution in [0.2, 0.25) is 0 Å². The summed E-state index contributed by atoms with van der Waals surface area (Å²) in [6.07, 6.45) is -3.71. The lowest BCUT2D eigenvalue weighted by Crippen LogP contribution is -2.05. The van der Waals surface area contributed by atoms with E-state index in [0.717, 1.165) is 12.1 Å². The molecule has 0 heterocycles. The molecule has 0 spiro atoms. The molecule has 0 bridgehead atoms. The molecule has 0 saturated carbocycles. The second-order valence-corrected chi connectivity index (χ2v) is 4.60. The van der Waals surface area contributed by atoms with Gasteiger partial charge in [-0.2, -0.15) is 13.2 Å². The third-order valence-corrected chi connectivity index (χ3v) is 3.22. The molecule has 0 N–H and O–H groups in total. The molecule has 5 heteroatoms. The van der Waals surface area contributed by atoms with E-state index < -0.39 is 11.7 Å². The smallest absolute Gasteiger partial charge is 0.416 e. The molecule has 0 aliphatic carbocycles. The standard InChI is InChI=1S/C16H13F3O2/c1-10-7-13(16(17,18)19)4-5-14(10)11-3-6-15(21-2)12(8-11)9-20/h3-9H,1-2H3. The number of hydrogen-bond acceptors (Lipinski definition) is 2. The number of ether oxygens (including phenoxy) is 1. The number of benzene rings is 2. The molecule has 0 radical (unpaired) electrons. The molecule has 0 aliphatic heterocycles. The van der Waals surface area contributed by atoms with Crippen molar-refractivity contribution >= 4 is 6.29 Å². The van der Waals surface area contributed by atoms with Crippen LogP contribution >= 0.6 is 0 Å². The van der Waals surface area contributed by atoms with Gasteiger partial charge in [0.25, 0.3) is 0 Å². The summed E-state index contributed by atoms with van der Waals surface area (Å²) < 4.78 is 43.0. The van der Waals surface area contributed by atoms with E-state index in [1.165, 1.54) is 13.2 Å². The zero-order chi connectivity index (χ0) is 15.6. The number of carbonyl (C=O) groups is 1. The Hall–Kier alpha value is -2.30. The Labute approximate surface area is 120 Å². The van der Waals surface area contributed by atoms with Gasteiger partial charge in [-0.25, -0.2) is 0 Å². The summed E-state index contributed by atoms with van der Waals surface area (Å²) in [5, 5.41) is 0. The molecule has 110 valence electrons. The number of halogens is 3. The van der Waals surface area contributed by atoms with E-state index in [1.807, 2.05) is 0 Å². The molecular weight excluding hydrogens is 281 g/mol. The van der Waals surface area contributed by atoms with Crippen molar-refractivity contribution in [2.45, 2.75) is 13.1 Å². The van der Waals surface area contributed by atoms with Crippen molar-refractivity contribution in [3.05, 3.63) is 53.1 Å². The molecule has 21 heavy (non-hydrogen) atoms. The highest BCUT2D eigenvalue weighted by molar-refractivity contribution is 5.83. The second kappa shape index (κ2) is 5.60. The Morgan fingerprint density at radius 1 is 1.10 bits per heavy atom. The molecule has 0 aromatic heterocycles. The fourth-order valence-electron chi connectivity index (χ4n) is 2.16. The van der Waals surface area contributed by atoms with Crippen molar-refractivity contribution in [1.29, 1.82) is 0 Å². The van der Waals surface area contributed by atoms with Gasteiger partial charge in [-0.1, -0.05) is 12.1 Å². The van der Waals surface area contributed by atoms with Crippen LogP contribution in [-0.4, -0.2) is 13.4 Å². The first-order valence-corrected chi connectivity index (χ1v) is 6.18. The maximum absolute atomic E-state index is 12.7. The lowest BCUT2D eigenvalue weighted by Gasteiger charge is -2.12. The largest absolute Gasteiger partial charge is 0.496 e. The maximum Gasteiger partial charge on any atom is 0.416 e. The van der Waals surface area contributed by atoms with Crippen LogP contribution in [0.15, 0.2) is 36.4 Å². The first-order chi connectivity index (χ1) is 9.86. The van der Waals surface area contributed by atoms with E-state index in [4.69, 9.17) is 4.74 Å². The van der Waals surface area contributed by atoms with Crippen LogP contribution in [0, 0.1) is 6.92 Å². The highest BCUT2D eigenvalue weighted by Gasteiger charge is 2.30. The molecule has 2 rings (SSSR count). The van der Waals surface area contributed by atoms with Crippen molar-refractivity contribution in [2.75, 3.05) is 7.11 Å². The maximum atomic E-state index is 12.7. The summed E-state index contributed by atoms with van der Waals surface area (Å²) in [4.78, 5) is 11.0. The van der Waals surface area contributed by atoms with Gasteiger partial charge in [0, 0.05) is 0 Å². The van der Waals surface area contributed by atoms with Crippen molar-refractivity contribution in [3.63, 3.8) is 0 Å². The molecule has 2 nitrogen and oxygen atoms in total. The fraction of sp³-hybridized carbons (Fsp3) is 0.188. The fourth-order valence-corrected chi connectivity index (χ4v) is 2.16. The zero-order valence-corrected chi connectivity index (χ0v) is 11.5. The first kappa shape index (κ1) is 15.1. The highest BCUT2D eigenvalue weighted by Crippen LogP contribution is 2.34. The number of aryl methyl sites for hydroxylation is 1. The van der Waals surface area contributed by atoms with E-state index in [2.05, 4.69) is 0 Å². The van der Waals surface area contributed by atoms with Gasteiger partial charge in [0.15, 0.2) is 6.29 Å². The van der Waals surface area contributed by atoms with Crippen molar-refractivity contribution in [3.8, 4) is 16.9 Å². The van der Waals surface area contributed by atoms with Gasteiger partial charge in [0.2, 0.25) is 0 Å². The van der Waals surface area contributed by atoms with Crippen LogP contribution in [0.25, 0.3) is 11.1 Å². The monoisotopic (exact) mass is 294 g/mol. The van der Waals surface area contributed by atoms with E-state index >= 15 is 0 Å². The van der Waals surface area contributed by atoms with Gasteiger partial charge in [0.1, 0.15) is 5.75 Å². The SMILES string of the molecule is COc1ccc(-c2ccc(C(F)(F)F)cc2C)cc1C=O. The average Bonchev–Trinajstić information content (AvgIpc) is 2.45. The molecule has 0 saturated heterocycles. The average molecular weight is 294 g/mol. The van der Waals surface area contributed by atoms with Gasteiger partial charge < -0.3 is 4.74 Å². The normalized spacial score (nSPS) is 11.3. The third-order valence-electron chi connectivity index (χ3n) is 3.22. The molecule has 0 amide bonds. The molecule has 0 fully saturated rings. The molecule has 0 unspecified atom stereocenters. The number of methoxy groups -OCH3 is 1. The van der Waals surface area contributed by atoms with E-state index in [0.29, 0.717) is 34.3 Å². The summed E-state index contributed by atoms with van der Waals surface area (Å²) >= 11 is 0. The second-order valence-electron chi connectivity index (χ2n) is 4.60. The summed E-state index contributed by atoms with van der Waals surface area (Å²) in [6, 6.07) is 8.47. The Balaban J connectivity index is 2.50. The number of rotatable bonds is 3. The number of aldehydes is 1. The highest BCUT2D eigenvalue weighted by atomic mass is 19.4. The van der Waals surface area contributed by atoms with Crippen LogP contribution < -0.4 is 4.74 Å². The Morgan fingerprint density at radius 3 is 2.33 bits per heavy atom. The minimum Gasteiger partial charge on any atom is -0.496 e. The van der Waals surface area contributed by atoms with Crippen molar-refractivity contribution < 1.29 is 22.7 Å². The van der Waals surface area contributed by atoms with Gasteiger partial charge in [0.05, 0.1) is 18.2 Å². The van der Waals surface area contributed by atoms with Crippen LogP contribution in [0.3, 0.4) is 0 Å². The third kappa shape index (κ3) is 3.07. The Morgan fingerprint density at radius 2 is 1.81 bits per heavy atom. The minimum absolute atomic E-state index is 0.356. The summed E-state index contributed by atoms with van der Waals surface area (Å²) in [5.41, 5.74) is 1.48. The lowest BCUT2D eigenvalue weighted by molar-refractivity contribution is -0.137. The van der Waals surface area contributed by atoms with E-state index in [1.54, 1.807) is 25.1 Å². The molecule has 2 aromatic carbocycles. The number of carbonyl (C=O) groups excluding carboxylic acids is 1. The molecule has 0 aliphatic rings. The summed E-state index contributed by atoms with van der Waals surface area (Å²) in [5.74, 6) is 0.429. The predicted molar refractivity (Wildman–Crippen MR) is 73.6 cm³/mol. The van der Waals surface area contributed by atoms with Gasteiger partial charge in [-0.15, -0.1) is 0 Å². The lowest BCUT2D eigenvalue weighted by atomic mass is 9.97. The number of alkyl halides is 3. The summed E-state index contributed by atoms with van der Waals surface area (Å²) in [6.45, 7) is 1.61. The van der Waals surface area contributed by atoms with E-state index in [-0.39, 0.29) is 0 Å². The molecule has 2 aromatic rings. The molecule has 0 atom stereocenters. The quantitative estimate of drug-likeness (QED) is 0.779. The predicted octanol–water partition coefficient (Wildman–Crippen LogP) is 4.50. The first-order valence-electron chi connectivity index (χ1n) is 6.18. The topological polar surface area (TPSA) is 26.3 Å². The Bertz CT molecular complexity index is 676. The van der Waals surface area contributed by atoms with Crippen LogP contribution in [-0.2, 0) is 6.18 Å². The van der Waals surface area contributed by atoms with Gasteiger partial charge in [-0.3, -0.25) is 4.79 Å². The van der Waals surface area contributed by atoms with Crippen LogP contribution in [0.1, 0.15) is 21.5 Å². The number of hydrogen-bond donors (Lipinski definition) is 0. The molecular formula is C16H13F3O2. The summed E-state index contributed by atoms with van der Waals surface area (Å²) in [7, 11) is 1.45. The minimum atomic E-state index is -4.36. The van der Waals surface area contributed by atoms with Crippen molar-refractivity contribution in [1.82, 2.24) is 0 Å². The van der Waals surface area contributed by atoms with Crippen LogP contribution in [0.4, 0.5) is 13.2 Å². The Kier molecular flexibility index (Phi) is 4.02. The van der Waals surface area contributed by atoms with Gasteiger partial charge in [-0.05, 0) is 47.9 Å².